The van der Waals surface area contributed by atoms with Gasteiger partial charge >= 0.3 is 6.03 Å². The fraction of sp³-hybridized carbons (Fsp3) is 0.667. The van der Waals surface area contributed by atoms with Crippen LogP contribution in [-0.2, 0) is 14.8 Å². The minimum Gasteiger partial charge on any atom is -0.340 e. The molecule has 186 valence electrons. The molecule has 34 heavy (non-hydrogen) atoms. The smallest absolute Gasteiger partial charge is 0.315 e. The molecule has 1 aromatic carbocycles. The summed E-state index contributed by atoms with van der Waals surface area (Å²) in [6, 6.07) is 4.76. The van der Waals surface area contributed by atoms with E-state index >= 15 is 0 Å². The highest BCUT2D eigenvalue weighted by Crippen LogP contribution is 2.55. The van der Waals surface area contributed by atoms with Crippen molar-refractivity contribution in [1.29, 1.82) is 0 Å². The Morgan fingerprint density at radius 1 is 1.00 bits per heavy atom. The molecule has 5 aliphatic rings. The summed E-state index contributed by atoms with van der Waals surface area (Å²) in [5.41, 5.74) is -0.0632. The standard InChI is InChI=1S/C24H33FN4O4S/c25-20-2-1-3-21(13-20)34(32,33)29-8-6-28(7-9-29)22(30)4-5-26-23(31)27-24-14-17-10-18(15-24)12-19(11-17)16-24/h1-3,13,17-19H,4-12,14-16H2,(H2,26,27,31). The molecule has 6 rings (SSSR count). The predicted molar refractivity (Wildman–Crippen MR) is 124 cm³/mol. The molecule has 0 radical (unpaired) electrons. The number of nitrogens with one attached hydrogen (secondary N) is 2. The summed E-state index contributed by atoms with van der Waals surface area (Å²) in [7, 11) is -3.79. The van der Waals surface area contributed by atoms with Crippen molar-refractivity contribution in [1.82, 2.24) is 19.8 Å². The molecule has 2 N–H and O–H groups in total. The highest BCUT2D eigenvalue weighted by Gasteiger charge is 2.51. The van der Waals surface area contributed by atoms with Gasteiger partial charge in [-0.15, -0.1) is 0 Å². The number of nitrogens with zero attached hydrogens (tertiary/aromatic N) is 2. The first-order valence-electron chi connectivity index (χ1n) is 12.3. The van der Waals surface area contributed by atoms with E-state index in [0.717, 1.165) is 43.1 Å². The number of carbonyl (C=O) groups is 2. The highest BCUT2D eigenvalue weighted by atomic mass is 32.2. The normalized spacial score (nSPS) is 30.9. The third-order valence-corrected chi connectivity index (χ3v) is 9.96. The second-order valence-electron chi connectivity index (χ2n) is 10.6. The number of rotatable bonds is 6. The molecule has 5 fully saturated rings. The van der Waals surface area contributed by atoms with E-state index < -0.39 is 15.8 Å². The van der Waals surface area contributed by atoms with Gasteiger partial charge < -0.3 is 15.5 Å². The van der Waals surface area contributed by atoms with Crippen molar-refractivity contribution in [2.24, 2.45) is 17.8 Å². The van der Waals surface area contributed by atoms with Crippen LogP contribution in [0.4, 0.5) is 9.18 Å². The van der Waals surface area contributed by atoms with E-state index in [1.807, 2.05) is 0 Å². The maximum atomic E-state index is 13.4. The van der Waals surface area contributed by atoms with Gasteiger partial charge in [0.05, 0.1) is 4.90 Å². The number of piperazine rings is 1. The van der Waals surface area contributed by atoms with Crippen molar-refractivity contribution in [2.45, 2.75) is 55.4 Å². The van der Waals surface area contributed by atoms with Gasteiger partial charge in [0.15, 0.2) is 0 Å². The first-order valence-corrected chi connectivity index (χ1v) is 13.8. The molecule has 0 spiro atoms. The first-order chi connectivity index (χ1) is 16.2. The topological polar surface area (TPSA) is 98.8 Å². The lowest BCUT2D eigenvalue weighted by Gasteiger charge is -2.56. The van der Waals surface area contributed by atoms with Crippen LogP contribution >= 0.6 is 0 Å². The van der Waals surface area contributed by atoms with Crippen LogP contribution in [0.15, 0.2) is 29.2 Å². The second kappa shape index (κ2) is 9.11. The van der Waals surface area contributed by atoms with Gasteiger partial charge in [0.2, 0.25) is 15.9 Å². The van der Waals surface area contributed by atoms with Gasteiger partial charge in [-0.1, -0.05) is 6.07 Å². The van der Waals surface area contributed by atoms with Gasteiger partial charge in [0.25, 0.3) is 0 Å². The lowest BCUT2D eigenvalue weighted by Crippen LogP contribution is -2.61. The van der Waals surface area contributed by atoms with Crippen molar-refractivity contribution in [2.75, 3.05) is 32.7 Å². The third-order valence-electron chi connectivity index (χ3n) is 8.07. The van der Waals surface area contributed by atoms with Crippen LogP contribution in [0.3, 0.4) is 0 Å². The summed E-state index contributed by atoms with van der Waals surface area (Å²) in [6.07, 6.45) is 7.34. The number of benzene rings is 1. The Bertz CT molecular complexity index is 1020. The summed E-state index contributed by atoms with van der Waals surface area (Å²) in [5.74, 6) is 1.53. The van der Waals surface area contributed by atoms with E-state index in [4.69, 9.17) is 0 Å². The van der Waals surface area contributed by atoms with E-state index in [1.165, 1.54) is 41.8 Å². The highest BCUT2D eigenvalue weighted by molar-refractivity contribution is 7.89. The summed E-state index contributed by atoms with van der Waals surface area (Å²) < 4.78 is 40.2. The van der Waals surface area contributed by atoms with Gasteiger partial charge in [0, 0.05) is 44.7 Å². The van der Waals surface area contributed by atoms with Crippen LogP contribution in [0.5, 0.6) is 0 Å². The SMILES string of the molecule is O=C(NCCC(=O)N1CCN(S(=O)(=O)c2cccc(F)c2)CC1)NC12CC3CC(CC(C3)C1)C2. The molecule has 1 aromatic rings. The quantitative estimate of drug-likeness (QED) is 0.637. The first kappa shape index (κ1) is 23.5. The van der Waals surface area contributed by atoms with E-state index in [-0.39, 0.29) is 61.5 Å². The van der Waals surface area contributed by atoms with Crippen LogP contribution in [0.1, 0.15) is 44.9 Å². The Morgan fingerprint density at radius 2 is 1.62 bits per heavy atom. The fourth-order valence-corrected chi connectivity index (χ4v) is 8.40. The lowest BCUT2D eigenvalue weighted by atomic mass is 9.53. The average molecular weight is 493 g/mol. The van der Waals surface area contributed by atoms with Gasteiger partial charge in [-0.05, 0) is 74.5 Å². The maximum absolute atomic E-state index is 13.4. The van der Waals surface area contributed by atoms with Crippen LogP contribution in [0, 0.1) is 23.6 Å². The molecule has 3 amide bonds. The predicted octanol–water partition coefficient (Wildman–Crippen LogP) is 2.32. The molecule has 4 bridgehead atoms. The molecule has 0 atom stereocenters. The van der Waals surface area contributed by atoms with Crippen molar-refractivity contribution in [3.8, 4) is 0 Å². The van der Waals surface area contributed by atoms with E-state index in [2.05, 4.69) is 10.6 Å². The Kier molecular flexibility index (Phi) is 6.31. The summed E-state index contributed by atoms with van der Waals surface area (Å²) in [6.45, 7) is 1.10. The number of halogens is 1. The summed E-state index contributed by atoms with van der Waals surface area (Å²) in [5, 5.41) is 6.09. The van der Waals surface area contributed by atoms with Crippen molar-refractivity contribution in [3.63, 3.8) is 0 Å². The Labute approximate surface area is 200 Å². The molecule has 4 saturated carbocycles. The fourth-order valence-electron chi connectivity index (χ4n) is 6.94. The number of sulfonamides is 1. The zero-order valence-electron chi connectivity index (χ0n) is 19.3. The molecule has 0 aromatic heterocycles. The van der Waals surface area contributed by atoms with Crippen molar-refractivity contribution in [3.05, 3.63) is 30.1 Å². The maximum Gasteiger partial charge on any atom is 0.315 e. The lowest BCUT2D eigenvalue weighted by molar-refractivity contribution is -0.132. The van der Waals surface area contributed by atoms with Gasteiger partial charge in [-0.25, -0.2) is 17.6 Å². The van der Waals surface area contributed by atoms with E-state index in [0.29, 0.717) is 0 Å². The van der Waals surface area contributed by atoms with Gasteiger partial charge in [-0.3, -0.25) is 4.79 Å². The molecule has 1 aliphatic heterocycles. The zero-order chi connectivity index (χ0) is 23.9. The largest absolute Gasteiger partial charge is 0.340 e. The van der Waals surface area contributed by atoms with Crippen molar-refractivity contribution < 1.29 is 22.4 Å². The van der Waals surface area contributed by atoms with Crippen molar-refractivity contribution >= 4 is 22.0 Å². The third kappa shape index (κ3) is 4.79. The zero-order valence-corrected chi connectivity index (χ0v) is 20.2. The Morgan fingerprint density at radius 3 is 2.21 bits per heavy atom. The average Bonchev–Trinajstić information content (AvgIpc) is 2.78. The van der Waals surface area contributed by atoms with Gasteiger partial charge in [0.1, 0.15) is 5.82 Å². The van der Waals surface area contributed by atoms with Gasteiger partial charge in [-0.2, -0.15) is 4.31 Å². The minimum atomic E-state index is -3.79. The second-order valence-corrected chi connectivity index (χ2v) is 12.5. The number of amides is 3. The molecule has 1 heterocycles. The van der Waals surface area contributed by atoms with Crippen LogP contribution in [0.25, 0.3) is 0 Å². The van der Waals surface area contributed by atoms with E-state index in [9.17, 15) is 22.4 Å². The molecule has 10 heteroatoms. The Hall–Kier alpha value is -2.20. The van der Waals surface area contributed by atoms with Crippen LogP contribution in [0.2, 0.25) is 0 Å². The van der Waals surface area contributed by atoms with E-state index in [1.54, 1.807) is 4.90 Å². The Balaban J connectivity index is 1.06. The number of urea groups is 1. The van der Waals surface area contributed by atoms with Crippen LogP contribution in [-0.4, -0.2) is 67.8 Å². The summed E-state index contributed by atoms with van der Waals surface area (Å²) in [4.78, 5) is 26.7. The molecular weight excluding hydrogens is 459 g/mol. The monoisotopic (exact) mass is 492 g/mol. The molecular formula is C24H33FN4O4S. The number of hydrogen-bond donors (Lipinski definition) is 2. The molecule has 4 aliphatic carbocycles. The minimum absolute atomic E-state index is 0.0632. The molecule has 1 saturated heterocycles. The molecule has 0 unspecified atom stereocenters. The summed E-state index contributed by atoms with van der Waals surface area (Å²) >= 11 is 0. The van der Waals surface area contributed by atoms with Crippen LogP contribution < -0.4 is 10.6 Å². The molecule has 8 nitrogen and oxygen atoms in total. The number of hydrogen-bond acceptors (Lipinski definition) is 4. The number of carbonyl (C=O) groups excluding carboxylic acids is 2.